The van der Waals surface area contributed by atoms with Crippen LogP contribution in [-0.4, -0.2) is 60.5 Å². The van der Waals surface area contributed by atoms with Crippen LogP contribution in [0.3, 0.4) is 0 Å². The maximum Gasteiger partial charge on any atom is 0.312 e. The van der Waals surface area contributed by atoms with E-state index < -0.39 is 12.4 Å². The van der Waals surface area contributed by atoms with Crippen molar-refractivity contribution >= 4 is 11.9 Å². The fraction of sp³-hybridized carbons (Fsp3) is 0.818. The Morgan fingerprint density at radius 1 is 1.50 bits per heavy atom. The lowest BCUT2D eigenvalue weighted by Crippen LogP contribution is -2.30. The molecule has 5 nitrogen and oxygen atoms in total. The van der Waals surface area contributed by atoms with E-state index in [1.807, 2.05) is 0 Å². The molecule has 1 aliphatic heterocycles. The SMILES string of the molecule is CN1CCC(CCN(C)C(=O)CC(=O)O)C1. The topological polar surface area (TPSA) is 60.9 Å². The van der Waals surface area contributed by atoms with Crippen LogP contribution in [0.5, 0.6) is 0 Å². The third kappa shape index (κ3) is 4.18. The molecule has 0 aromatic heterocycles. The van der Waals surface area contributed by atoms with E-state index in [9.17, 15) is 9.59 Å². The van der Waals surface area contributed by atoms with Gasteiger partial charge in [-0.05, 0) is 32.4 Å². The van der Waals surface area contributed by atoms with Gasteiger partial charge in [0, 0.05) is 20.1 Å². The number of rotatable bonds is 5. The summed E-state index contributed by atoms with van der Waals surface area (Å²) in [6, 6.07) is 0. The van der Waals surface area contributed by atoms with Gasteiger partial charge in [0.15, 0.2) is 0 Å². The molecule has 1 fully saturated rings. The number of aliphatic carboxylic acids is 1. The van der Waals surface area contributed by atoms with Crippen LogP contribution in [0.1, 0.15) is 19.3 Å². The first-order valence-corrected chi connectivity index (χ1v) is 5.63. The van der Waals surface area contributed by atoms with Crippen molar-refractivity contribution in [2.24, 2.45) is 5.92 Å². The quantitative estimate of drug-likeness (QED) is 0.686. The minimum absolute atomic E-state index is 0.307. The van der Waals surface area contributed by atoms with Gasteiger partial charge in [-0.2, -0.15) is 0 Å². The summed E-state index contributed by atoms with van der Waals surface area (Å²) >= 11 is 0. The molecule has 1 rings (SSSR count). The van der Waals surface area contributed by atoms with Gasteiger partial charge in [-0.15, -0.1) is 0 Å². The fourth-order valence-corrected chi connectivity index (χ4v) is 2.03. The predicted molar refractivity (Wildman–Crippen MR) is 60.1 cm³/mol. The molecule has 92 valence electrons. The van der Waals surface area contributed by atoms with Gasteiger partial charge in [0.25, 0.3) is 0 Å². The largest absolute Gasteiger partial charge is 0.481 e. The number of carbonyl (C=O) groups excluding carboxylic acids is 1. The van der Waals surface area contributed by atoms with E-state index in [0.717, 1.165) is 19.5 Å². The Kier molecular flexibility index (Phi) is 4.73. The molecule has 0 aliphatic carbocycles. The maximum atomic E-state index is 11.4. The molecule has 1 unspecified atom stereocenters. The zero-order valence-electron chi connectivity index (χ0n) is 9.98. The average molecular weight is 228 g/mol. The first-order chi connectivity index (χ1) is 7.49. The summed E-state index contributed by atoms with van der Waals surface area (Å²) in [6.45, 7) is 2.86. The second-order valence-electron chi connectivity index (χ2n) is 4.59. The summed E-state index contributed by atoms with van der Waals surface area (Å²) in [5.41, 5.74) is 0. The highest BCUT2D eigenvalue weighted by Gasteiger charge is 2.20. The smallest absolute Gasteiger partial charge is 0.312 e. The standard InChI is InChI=1S/C11H20N2O3/c1-12-5-3-9(8-12)4-6-13(2)10(14)7-11(15)16/h9H,3-8H2,1-2H3,(H,15,16). The summed E-state index contributed by atoms with van der Waals surface area (Å²) in [4.78, 5) is 25.5. The highest BCUT2D eigenvalue weighted by Crippen LogP contribution is 2.18. The maximum absolute atomic E-state index is 11.4. The van der Waals surface area contributed by atoms with Crippen LogP contribution in [0.15, 0.2) is 0 Å². The second-order valence-corrected chi connectivity index (χ2v) is 4.59. The van der Waals surface area contributed by atoms with E-state index in [0.29, 0.717) is 12.5 Å². The van der Waals surface area contributed by atoms with E-state index in [1.165, 1.54) is 11.3 Å². The van der Waals surface area contributed by atoms with Gasteiger partial charge < -0.3 is 14.9 Å². The van der Waals surface area contributed by atoms with Crippen molar-refractivity contribution in [3.63, 3.8) is 0 Å². The van der Waals surface area contributed by atoms with Crippen molar-refractivity contribution < 1.29 is 14.7 Å². The zero-order chi connectivity index (χ0) is 12.1. The summed E-state index contributed by atoms with van der Waals surface area (Å²) in [5, 5.41) is 8.49. The predicted octanol–water partition coefficient (Wildman–Crippen LogP) is 0.261. The normalized spacial score (nSPS) is 21.0. The van der Waals surface area contributed by atoms with Gasteiger partial charge in [-0.1, -0.05) is 0 Å². The van der Waals surface area contributed by atoms with Crippen molar-refractivity contribution in [1.82, 2.24) is 9.80 Å². The average Bonchev–Trinajstić information content (AvgIpc) is 2.59. The lowest BCUT2D eigenvalue weighted by Gasteiger charge is -2.18. The van der Waals surface area contributed by atoms with Crippen LogP contribution in [0.2, 0.25) is 0 Å². The monoisotopic (exact) mass is 228 g/mol. The van der Waals surface area contributed by atoms with Crippen molar-refractivity contribution in [2.75, 3.05) is 33.7 Å². The number of nitrogens with zero attached hydrogens (tertiary/aromatic N) is 2. The lowest BCUT2D eigenvalue weighted by atomic mass is 10.0. The van der Waals surface area contributed by atoms with E-state index in [1.54, 1.807) is 7.05 Å². The summed E-state index contributed by atoms with van der Waals surface area (Å²) < 4.78 is 0. The van der Waals surface area contributed by atoms with Crippen LogP contribution >= 0.6 is 0 Å². The first kappa shape index (κ1) is 13.0. The highest BCUT2D eigenvalue weighted by atomic mass is 16.4. The molecule has 5 heteroatoms. The molecule has 0 saturated carbocycles. The Labute approximate surface area is 96.0 Å². The summed E-state index contributed by atoms with van der Waals surface area (Å²) in [6.07, 6.45) is 1.74. The van der Waals surface area contributed by atoms with Crippen LogP contribution in [0.25, 0.3) is 0 Å². The summed E-state index contributed by atoms with van der Waals surface area (Å²) in [7, 11) is 3.77. The Morgan fingerprint density at radius 2 is 2.19 bits per heavy atom. The van der Waals surface area contributed by atoms with Gasteiger partial charge in [0.2, 0.25) is 5.91 Å². The van der Waals surface area contributed by atoms with E-state index in [-0.39, 0.29) is 5.91 Å². The third-order valence-electron chi connectivity index (χ3n) is 3.09. The van der Waals surface area contributed by atoms with Crippen molar-refractivity contribution in [2.45, 2.75) is 19.3 Å². The molecule has 0 spiro atoms. The third-order valence-corrected chi connectivity index (χ3v) is 3.09. The molecule has 1 amide bonds. The second kappa shape index (κ2) is 5.84. The fourth-order valence-electron chi connectivity index (χ4n) is 2.03. The molecule has 0 bridgehead atoms. The highest BCUT2D eigenvalue weighted by molar-refractivity contribution is 5.93. The van der Waals surface area contributed by atoms with Crippen LogP contribution in [0, 0.1) is 5.92 Å². The van der Waals surface area contributed by atoms with Crippen LogP contribution < -0.4 is 0 Å². The van der Waals surface area contributed by atoms with Crippen molar-refractivity contribution in [3.8, 4) is 0 Å². The summed E-state index contributed by atoms with van der Waals surface area (Å²) in [5.74, 6) is -0.721. The van der Waals surface area contributed by atoms with Crippen LogP contribution in [0.4, 0.5) is 0 Å². The van der Waals surface area contributed by atoms with Gasteiger partial charge in [-0.25, -0.2) is 0 Å². The minimum Gasteiger partial charge on any atom is -0.481 e. The van der Waals surface area contributed by atoms with Gasteiger partial charge in [-0.3, -0.25) is 9.59 Å². The van der Waals surface area contributed by atoms with Crippen LogP contribution in [-0.2, 0) is 9.59 Å². The van der Waals surface area contributed by atoms with Crippen molar-refractivity contribution in [1.29, 1.82) is 0 Å². The molecule has 1 saturated heterocycles. The number of amides is 1. The molecule has 1 N–H and O–H groups in total. The van der Waals surface area contributed by atoms with E-state index in [4.69, 9.17) is 5.11 Å². The van der Waals surface area contributed by atoms with Gasteiger partial charge in [0.1, 0.15) is 6.42 Å². The van der Waals surface area contributed by atoms with Gasteiger partial charge >= 0.3 is 5.97 Å². The molecule has 1 aliphatic rings. The zero-order valence-corrected chi connectivity index (χ0v) is 9.98. The molecular formula is C11H20N2O3. The Balaban J connectivity index is 2.21. The Hall–Kier alpha value is -1.10. The molecule has 1 heterocycles. The number of hydrogen-bond donors (Lipinski definition) is 1. The molecule has 0 aromatic rings. The van der Waals surface area contributed by atoms with Gasteiger partial charge in [0.05, 0.1) is 0 Å². The number of carboxylic acids is 1. The molecule has 0 radical (unpaired) electrons. The molecule has 16 heavy (non-hydrogen) atoms. The Bertz CT molecular complexity index is 268. The number of hydrogen-bond acceptors (Lipinski definition) is 3. The number of carboxylic acid groups (broad SMARTS) is 1. The first-order valence-electron chi connectivity index (χ1n) is 5.63. The lowest BCUT2D eigenvalue weighted by molar-refractivity contribution is -0.143. The van der Waals surface area contributed by atoms with E-state index >= 15 is 0 Å². The number of likely N-dealkylation sites (tertiary alicyclic amines) is 1. The Morgan fingerprint density at radius 3 is 2.69 bits per heavy atom. The van der Waals surface area contributed by atoms with Crippen molar-refractivity contribution in [3.05, 3.63) is 0 Å². The minimum atomic E-state index is -1.06. The van der Waals surface area contributed by atoms with E-state index in [2.05, 4.69) is 11.9 Å². The molecular weight excluding hydrogens is 208 g/mol. The number of carbonyl (C=O) groups is 2. The molecule has 1 atom stereocenters. The molecule has 0 aromatic carbocycles.